The summed E-state index contributed by atoms with van der Waals surface area (Å²) in [5, 5.41) is 3.29. The molecular weight excluding hydrogens is 98.1 g/mol. The molecule has 1 atom stereocenters. The summed E-state index contributed by atoms with van der Waals surface area (Å²) in [7, 11) is 0. The number of hydrogen-bond donors (Lipinski definition) is 1. The van der Waals surface area contributed by atoms with Gasteiger partial charge in [-0.3, -0.25) is 0 Å². The second kappa shape index (κ2) is 2.31. The maximum Gasteiger partial charge on any atom is 0.0137 e. The molecule has 0 aromatic rings. The van der Waals surface area contributed by atoms with Crippen LogP contribution in [0.3, 0.4) is 0 Å². The summed E-state index contributed by atoms with van der Waals surface area (Å²) in [5.74, 6) is 0.753. The first kappa shape index (κ1) is 5.83. The largest absolute Gasteiger partial charge is 0.313 e. The second-order valence-corrected chi connectivity index (χ2v) is 2.51. The molecule has 1 aliphatic rings. The molecule has 1 nitrogen and oxygen atoms in total. The third-order valence-corrected chi connectivity index (χ3v) is 1.80. The Bertz CT molecular complexity index is 105. The zero-order valence-corrected chi connectivity index (χ0v) is 5.57. The Labute approximate surface area is 50.8 Å². The normalized spacial score (nSPS) is 29.8. The molecule has 0 amide bonds. The van der Waals surface area contributed by atoms with E-state index in [1.54, 1.807) is 0 Å². The van der Waals surface area contributed by atoms with E-state index in [9.17, 15) is 0 Å². The summed E-state index contributed by atoms with van der Waals surface area (Å²) in [6, 6.07) is 0. The molecule has 1 heteroatoms. The van der Waals surface area contributed by atoms with Gasteiger partial charge in [-0.25, -0.2) is 0 Å². The Morgan fingerprint density at radius 3 is 2.88 bits per heavy atom. The molecular formula is C7H13N. The third kappa shape index (κ3) is 1.10. The van der Waals surface area contributed by atoms with Gasteiger partial charge in [-0.05, 0) is 12.8 Å². The lowest BCUT2D eigenvalue weighted by molar-refractivity contribution is 0.568. The van der Waals surface area contributed by atoms with Crippen LogP contribution in [0.5, 0.6) is 0 Å². The SMILES string of the molecule is CC1=CCNCC1C. The van der Waals surface area contributed by atoms with Gasteiger partial charge in [0.25, 0.3) is 0 Å². The minimum absolute atomic E-state index is 0.753. The Morgan fingerprint density at radius 1 is 1.75 bits per heavy atom. The van der Waals surface area contributed by atoms with Crippen molar-refractivity contribution in [1.82, 2.24) is 5.32 Å². The topological polar surface area (TPSA) is 12.0 Å². The average Bonchev–Trinajstić information content (AvgIpc) is 1.77. The molecule has 46 valence electrons. The van der Waals surface area contributed by atoms with Crippen LogP contribution < -0.4 is 5.32 Å². The van der Waals surface area contributed by atoms with E-state index < -0.39 is 0 Å². The van der Waals surface area contributed by atoms with Crippen molar-refractivity contribution in [3.63, 3.8) is 0 Å². The van der Waals surface area contributed by atoms with Gasteiger partial charge in [-0.1, -0.05) is 18.6 Å². The van der Waals surface area contributed by atoms with Gasteiger partial charge in [0.2, 0.25) is 0 Å². The molecule has 8 heavy (non-hydrogen) atoms. The van der Waals surface area contributed by atoms with E-state index >= 15 is 0 Å². The summed E-state index contributed by atoms with van der Waals surface area (Å²) in [4.78, 5) is 0. The van der Waals surface area contributed by atoms with Gasteiger partial charge in [0.1, 0.15) is 0 Å². The van der Waals surface area contributed by atoms with Crippen molar-refractivity contribution < 1.29 is 0 Å². The van der Waals surface area contributed by atoms with Crippen LogP contribution in [0.15, 0.2) is 11.6 Å². The van der Waals surface area contributed by atoms with Crippen molar-refractivity contribution >= 4 is 0 Å². The van der Waals surface area contributed by atoms with Crippen molar-refractivity contribution in [2.75, 3.05) is 13.1 Å². The van der Waals surface area contributed by atoms with Gasteiger partial charge < -0.3 is 5.32 Å². The highest BCUT2D eigenvalue weighted by molar-refractivity contribution is 5.06. The molecule has 1 heterocycles. The first-order chi connectivity index (χ1) is 3.80. The molecule has 0 bridgehead atoms. The summed E-state index contributed by atoms with van der Waals surface area (Å²) in [6.07, 6.45) is 2.26. The van der Waals surface area contributed by atoms with E-state index in [1.165, 1.54) is 5.57 Å². The first-order valence-corrected chi connectivity index (χ1v) is 3.18. The Morgan fingerprint density at radius 2 is 2.50 bits per heavy atom. The quantitative estimate of drug-likeness (QED) is 0.463. The summed E-state index contributed by atoms with van der Waals surface area (Å²) >= 11 is 0. The lowest BCUT2D eigenvalue weighted by Gasteiger charge is -2.17. The highest BCUT2D eigenvalue weighted by Gasteiger charge is 2.05. The van der Waals surface area contributed by atoms with Gasteiger partial charge in [0, 0.05) is 13.1 Å². The van der Waals surface area contributed by atoms with E-state index in [0.29, 0.717) is 0 Å². The van der Waals surface area contributed by atoms with Crippen LogP contribution in [0.4, 0.5) is 0 Å². The predicted molar refractivity (Wildman–Crippen MR) is 35.8 cm³/mol. The molecule has 0 aliphatic carbocycles. The number of hydrogen-bond acceptors (Lipinski definition) is 1. The van der Waals surface area contributed by atoms with E-state index in [4.69, 9.17) is 0 Å². The zero-order chi connectivity index (χ0) is 5.98. The fraction of sp³-hybridized carbons (Fsp3) is 0.714. The minimum Gasteiger partial charge on any atom is -0.313 e. The highest BCUT2D eigenvalue weighted by atomic mass is 14.9. The van der Waals surface area contributed by atoms with Crippen LogP contribution in [-0.2, 0) is 0 Å². The van der Waals surface area contributed by atoms with Crippen LogP contribution in [0.2, 0.25) is 0 Å². The third-order valence-electron chi connectivity index (χ3n) is 1.80. The van der Waals surface area contributed by atoms with Crippen LogP contribution in [0, 0.1) is 5.92 Å². The molecule has 1 aliphatic heterocycles. The molecule has 0 aromatic carbocycles. The Kier molecular flexibility index (Phi) is 1.69. The van der Waals surface area contributed by atoms with Crippen molar-refractivity contribution in [2.24, 2.45) is 5.92 Å². The fourth-order valence-electron chi connectivity index (χ4n) is 0.895. The second-order valence-electron chi connectivity index (χ2n) is 2.51. The number of rotatable bonds is 0. The maximum absolute atomic E-state index is 3.29. The van der Waals surface area contributed by atoms with Crippen molar-refractivity contribution in [3.8, 4) is 0 Å². The summed E-state index contributed by atoms with van der Waals surface area (Å²) in [6.45, 7) is 6.67. The minimum atomic E-state index is 0.753. The van der Waals surface area contributed by atoms with Gasteiger partial charge in [0.15, 0.2) is 0 Å². The smallest absolute Gasteiger partial charge is 0.0137 e. The molecule has 0 saturated heterocycles. The lowest BCUT2D eigenvalue weighted by atomic mass is 10.0. The van der Waals surface area contributed by atoms with Crippen molar-refractivity contribution in [2.45, 2.75) is 13.8 Å². The molecule has 0 saturated carbocycles. The molecule has 1 rings (SSSR count). The van der Waals surface area contributed by atoms with Gasteiger partial charge in [-0.2, -0.15) is 0 Å². The molecule has 1 N–H and O–H groups in total. The fourth-order valence-corrected chi connectivity index (χ4v) is 0.895. The first-order valence-electron chi connectivity index (χ1n) is 3.18. The van der Waals surface area contributed by atoms with Gasteiger partial charge in [-0.15, -0.1) is 0 Å². The standard InChI is InChI=1S/C7H13N/c1-6-3-4-8-5-7(6)2/h3,7-8H,4-5H2,1-2H3. The van der Waals surface area contributed by atoms with Crippen LogP contribution in [0.1, 0.15) is 13.8 Å². The predicted octanol–water partition coefficient (Wildman–Crippen LogP) is 1.17. The van der Waals surface area contributed by atoms with E-state index in [0.717, 1.165) is 19.0 Å². The summed E-state index contributed by atoms with van der Waals surface area (Å²) < 4.78 is 0. The van der Waals surface area contributed by atoms with Crippen LogP contribution in [-0.4, -0.2) is 13.1 Å². The lowest BCUT2D eigenvalue weighted by Crippen LogP contribution is -2.26. The monoisotopic (exact) mass is 111 g/mol. The van der Waals surface area contributed by atoms with Gasteiger partial charge in [0.05, 0.1) is 0 Å². The molecule has 0 spiro atoms. The average molecular weight is 111 g/mol. The molecule has 0 radical (unpaired) electrons. The van der Waals surface area contributed by atoms with Crippen molar-refractivity contribution in [1.29, 1.82) is 0 Å². The van der Waals surface area contributed by atoms with Gasteiger partial charge >= 0.3 is 0 Å². The maximum atomic E-state index is 3.29. The zero-order valence-electron chi connectivity index (χ0n) is 5.57. The highest BCUT2D eigenvalue weighted by Crippen LogP contribution is 2.09. The van der Waals surface area contributed by atoms with Crippen LogP contribution in [0.25, 0.3) is 0 Å². The van der Waals surface area contributed by atoms with Crippen molar-refractivity contribution in [3.05, 3.63) is 11.6 Å². The summed E-state index contributed by atoms with van der Waals surface area (Å²) in [5.41, 5.74) is 1.53. The Balaban J connectivity index is 2.53. The molecule has 0 aromatic heterocycles. The van der Waals surface area contributed by atoms with E-state index in [-0.39, 0.29) is 0 Å². The van der Waals surface area contributed by atoms with Crippen LogP contribution >= 0.6 is 0 Å². The number of nitrogens with one attached hydrogen (secondary N) is 1. The van der Waals surface area contributed by atoms with E-state index in [1.807, 2.05) is 0 Å². The Hall–Kier alpha value is -0.300. The molecule has 1 unspecified atom stereocenters. The molecule has 0 fully saturated rings. The van der Waals surface area contributed by atoms with E-state index in [2.05, 4.69) is 25.2 Å².